The molecule has 0 spiro atoms. The molecule has 1 aliphatic carbocycles. The number of ether oxygens (including phenoxy) is 1. The molecule has 1 atom stereocenters. The second kappa shape index (κ2) is 9.23. The van der Waals surface area contributed by atoms with Crippen LogP contribution in [0.5, 0.6) is 0 Å². The number of rotatable bonds is 7. The zero-order chi connectivity index (χ0) is 21.7. The molecule has 1 aliphatic rings. The predicted molar refractivity (Wildman–Crippen MR) is 118 cm³/mol. The Morgan fingerprint density at radius 3 is 2.47 bits per heavy atom. The third-order valence-corrected chi connectivity index (χ3v) is 5.47. The van der Waals surface area contributed by atoms with Gasteiger partial charge < -0.3 is 9.84 Å². The van der Waals surface area contributed by atoms with Crippen LogP contribution in [0.3, 0.4) is 0 Å². The highest BCUT2D eigenvalue weighted by molar-refractivity contribution is 5.95. The zero-order valence-electron chi connectivity index (χ0n) is 17.7. The Morgan fingerprint density at radius 1 is 1.10 bits per heavy atom. The van der Waals surface area contributed by atoms with Crippen molar-refractivity contribution in [2.75, 3.05) is 7.11 Å². The van der Waals surface area contributed by atoms with Crippen molar-refractivity contribution in [1.82, 2.24) is 0 Å². The van der Waals surface area contributed by atoms with E-state index in [-0.39, 0.29) is 24.0 Å². The molecule has 0 amide bonds. The van der Waals surface area contributed by atoms with Gasteiger partial charge in [0.25, 0.3) is 0 Å². The molecule has 156 valence electrons. The van der Waals surface area contributed by atoms with Crippen molar-refractivity contribution in [2.45, 2.75) is 39.2 Å². The molecular weight excluding hydrogens is 376 g/mol. The molecule has 2 aromatic rings. The average molecular weight is 405 g/mol. The molecule has 0 aliphatic heterocycles. The Bertz CT molecular complexity index is 983. The average Bonchev–Trinajstić information content (AvgIpc) is 2.71. The Labute approximate surface area is 177 Å². The van der Waals surface area contributed by atoms with E-state index in [0.717, 1.165) is 23.1 Å². The maximum absolute atomic E-state index is 11.9. The van der Waals surface area contributed by atoms with Gasteiger partial charge in [-0.05, 0) is 39.7 Å². The van der Waals surface area contributed by atoms with E-state index in [1.165, 1.54) is 18.2 Å². The number of benzene rings is 2. The highest BCUT2D eigenvalue weighted by Gasteiger charge is 2.32. The van der Waals surface area contributed by atoms with Gasteiger partial charge in [0.1, 0.15) is 12.2 Å². The molecule has 0 heterocycles. The lowest BCUT2D eigenvalue weighted by atomic mass is 9.68. The van der Waals surface area contributed by atoms with Gasteiger partial charge in [0.2, 0.25) is 0 Å². The molecule has 4 nitrogen and oxygen atoms in total. The van der Waals surface area contributed by atoms with E-state index in [1.807, 2.05) is 30.3 Å². The molecule has 30 heavy (non-hydrogen) atoms. The minimum absolute atomic E-state index is 0.115. The number of allylic oxidation sites excluding steroid dienone is 2. The lowest BCUT2D eigenvalue weighted by molar-refractivity contribution is -0.143. The number of esters is 1. The summed E-state index contributed by atoms with van der Waals surface area (Å²) in [6.07, 6.45) is 3.09. The van der Waals surface area contributed by atoms with Crippen molar-refractivity contribution in [3.8, 4) is 0 Å². The van der Waals surface area contributed by atoms with Crippen LogP contribution in [0.2, 0.25) is 0 Å². The lowest BCUT2D eigenvalue weighted by Gasteiger charge is -2.36. The van der Waals surface area contributed by atoms with Crippen molar-refractivity contribution < 1.29 is 19.4 Å². The van der Waals surface area contributed by atoms with E-state index >= 15 is 0 Å². The van der Waals surface area contributed by atoms with Gasteiger partial charge in [0.15, 0.2) is 0 Å². The topological polar surface area (TPSA) is 63.6 Å². The maximum atomic E-state index is 11.9. The molecule has 2 aromatic carbocycles. The van der Waals surface area contributed by atoms with Gasteiger partial charge >= 0.3 is 5.97 Å². The van der Waals surface area contributed by atoms with Gasteiger partial charge in [0.05, 0.1) is 13.2 Å². The van der Waals surface area contributed by atoms with Gasteiger partial charge in [-0.25, -0.2) is 0 Å². The van der Waals surface area contributed by atoms with E-state index in [2.05, 4.69) is 48.9 Å². The minimum atomic E-state index is -0.959. The quantitative estimate of drug-likeness (QED) is 0.545. The highest BCUT2D eigenvalue weighted by Crippen LogP contribution is 2.45. The van der Waals surface area contributed by atoms with E-state index in [4.69, 9.17) is 0 Å². The van der Waals surface area contributed by atoms with Crippen LogP contribution in [-0.4, -0.2) is 30.1 Å². The van der Waals surface area contributed by atoms with Gasteiger partial charge in [-0.2, -0.15) is 0 Å². The lowest BCUT2D eigenvalue weighted by Crippen LogP contribution is -2.24. The fraction of sp³-hybridized carbons (Fsp3) is 0.308. The van der Waals surface area contributed by atoms with Crippen LogP contribution in [0, 0.1) is 5.41 Å². The molecule has 3 rings (SSSR count). The first-order chi connectivity index (χ1) is 14.3. The fourth-order valence-electron chi connectivity index (χ4n) is 4.01. The molecule has 4 heteroatoms. The van der Waals surface area contributed by atoms with Crippen LogP contribution in [0.15, 0.2) is 72.3 Å². The summed E-state index contributed by atoms with van der Waals surface area (Å²) < 4.78 is 4.51. The number of methoxy groups -OCH3 is 1. The number of aliphatic hydroxyl groups excluding tert-OH is 1. The largest absolute Gasteiger partial charge is 0.469 e. The zero-order valence-corrected chi connectivity index (χ0v) is 17.7. The molecule has 0 radical (unpaired) electrons. The third kappa shape index (κ3) is 4.95. The van der Waals surface area contributed by atoms with E-state index in [0.29, 0.717) is 0 Å². The van der Waals surface area contributed by atoms with Crippen LogP contribution in [0.25, 0.3) is 5.57 Å². The van der Waals surface area contributed by atoms with Crippen LogP contribution in [0.4, 0.5) is 0 Å². The predicted octanol–water partition coefficient (Wildman–Crippen LogP) is 4.51. The summed E-state index contributed by atoms with van der Waals surface area (Å²) in [5, 5.41) is 10.4. The second-order valence-corrected chi connectivity index (χ2v) is 8.29. The Hall–Kier alpha value is -2.98. The SMILES string of the molecule is COC(=O)CC(=O)CC(O)C=CC1=C(c2ccccc2)c2ccccc2CC1(C)C. The normalized spacial score (nSPS) is 16.3. The molecule has 0 bridgehead atoms. The fourth-order valence-corrected chi connectivity index (χ4v) is 4.01. The number of ketones is 1. The summed E-state index contributed by atoms with van der Waals surface area (Å²) >= 11 is 0. The van der Waals surface area contributed by atoms with Crippen LogP contribution < -0.4 is 0 Å². The number of fused-ring (bicyclic) bond motifs is 1. The Morgan fingerprint density at radius 2 is 1.77 bits per heavy atom. The summed E-state index contributed by atoms with van der Waals surface area (Å²) in [6.45, 7) is 4.39. The van der Waals surface area contributed by atoms with E-state index in [9.17, 15) is 14.7 Å². The number of Topliss-reactive ketones (excluding diaryl/α,β-unsaturated/α-hetero) is 1. The first-order valence-corrected chi connectivity index (χ1v) is 10.1. The van der Waals surface area contributed by atoms with Crippen molar-refractivity contribution in [2.24, 2.45) is 5.41 Å². The van der Waals surface area contributed by atoms with E-state index in [1.54, 1.807) is 6.08 Å². The minimum Gasteiger partial charge on any atom is -0.469 e. The van der Waals surface area contributed by atoms with Gasteiger partial charge in [0, 0.05) is 6.42 Å². The van der Waals surface area contributed by atoms with Crippen LogP contribution in [-0.2, 0) is 20.7 Å². The highest BCUT2D eigenvalue weighted by atomic mass is 16.5. The van der Waals surface area contributed by atoms with Crippen molar-refractivity contribution in [1.29, 1.82) is 0 Å². The molecule has 1 N–H and O–H groups in total. The third-order valence-electron chi connectivity index (χ3n) is 5.47. The monoisotopic (exact) mass is 404 g/mol. The summed E-state index contributed by atoms with van der Waals surface area (Å²) in [5.41, 5.74) is 5.73. The van der Waals surface area contributed by atoms with Gasteiger partial charge in [-0.1, -0.05) is 80.6 Å². The first-order valence-electron chi connectivity index (χ1n) is 10.1. The van der Waals surface area contributed by atoms with Gasteiger partial charge in [-0.15, -0.1) is 0 Å². The Balaban J connectivity index is 1.98. The number of hydrogen-bond acceptors (Lipinski definition) is 4. The summed E-state index contributed by atoms with van der Waals surface area (Å²) in [6, 6.07) is 18.6. The summed E-state index contributed by atoms with van der Waals surface area (Å²) in [4.78, 5) is 23.2. The van der Waals surface area contributed by atoms with E-state index < -0.39 is 12.1 Å². The van der Waals surface area contributed by atoms with Crippen molar-refractivity contribution in [3.05, 3.63) is 89.0 Å². The molecule has 1 unspecified atom stereocenters. The number of carbonyl (C=O) groups is 2. The van der Waals surface area contributed by atoms with Gasteiger partial charge in [-0.3, -0.25) is 9.59 Å². The Kier molecular flexibility index (Phi) is 6.68. The van der Waals surface area contributed by atoms with Crippen LogP contribution >= 0.6 is 0 Å². The number of aliphatic hydroxyl groups is 1. The first kappa shape index (κ1) is 21.7. The van der Waals surface area contributed by atoms with Crippen LogP contribution in [0.1, 0.15) is 43.4 Å². The van der Waals surface area contributed by atoms with Crippen molar-refractivity contribution >= 4 is 17.3 Å². The molecule has 0 saturated carbocycles. The molecule has 0 fully saturated rings. The molecule has 0 aromatic heterocycles. The standard InChI is InChI=1S/C26H28O4/c1-26(2)17-19-11-7-8-12-22(19)25(18-9-5-4-6-10-18)23(26)14-13-20(27)15-21(28)16-24(29)30-3/h4-14,20,27H,15-17H2,1-3H3. The second-order valence-electron chi connectivity index (χ2n) is 8.29. The number of carbonyl (C=O) groups excluding carboxylic acids is 2. The summed E-state index contributed by atoms with van der Waals surface area (Å²) in [7, 11) is 1.24. The smallest absolute Gasteiger partial charge is 0.313 e. The molecular formula is C26H28O4. The molecule has 0 saturated heterocycles. The summed E-state index contributed by atoms with van der Waals surface area (Å²) in [5.74, 6) is -0.931. The number of hydrogen-bond donors (Lipinski definition) is 1. The maximum Gasteiger partial charge on any atom is 0.313 e. The van der Waals surface area contributed by atoms with Crippen molar-refractivity contribution in [3.63, 3.8) is 0 Å².